The van der Waals surface area contributed by atoms with Gasteiger partial charge in [-0.15, -0.1) is 0 Å². The highest BCUT2D eigenvalue weighted by Crippen LogP contribution is 2.46. The summed E-state index contributed by atoms with van der Waals surface area (Å²) in [5, 5.41) is 9.58. The fraction of sp³-hybridized carbons (Fsp3) is 0.0303. The van der Waals surface area contributed by atoms with E-state index in [4.69, 9.17) is 0 Å². The monoisotopic (exact) mass is 576 g/mol. The zero-order valence-electron chi connectivity index (χ0n) is 21.5. The molecule has 8 aromatic carbocycles. The van der Waals surface area contributed by atoms with Crippen molar-refractivity contribution < 1.29 is 25.9 Å². The molecule has 0 saturated carbocycles. The minimum Gasteiger partial charge on any atom is -0.282 e. The first-order valence-electron chi connectivity index (χ1n) is 12.9. The Kier molecular flexibility index (Phi) is 4.71. The van der Waals surface area contributed by atoms with Gasteiger partial charge in [0.1, 0.15) is 9.79 Å². The average Bonchev–Trinajstić information content (AvgIpc) is 2.94. The Balaban J connectivity index is 1.55. The molecular weight excluding hydrogens is 556 g/mol. The topological polar surface area (TPSA) is 109 Å². The molecule has 0 aliphatic heterocycles. The summed E-state index contributed by atoms with van der Waals surface area (Å²) in [6.07, 6.45) is 0. The number of aryl methyl sites for hydroxylation is 1. The highest BCUT2D eigenvalue weighted by Gasteiger charge is 2.24. The van der Waals surface area contributed by atoms with Crippen LogP contribution in [0.4, 0.5) is 0 Å². The van der Waals surface area contributed by atoms with E-state index in [1.54, 1.807) is 12.1 Å². The van der Waals surface area contributed by atoms with E-state index in [2.05, 4.69) is 55.5 Å². The second-order valence-electron chi connectivity index (χ2n) is 10.6. The van der Waals surface area contributed by atoms with Gasteiger partial charge in [-0.2, -0.15) is 16.8 Å². The van der Waals surface area contributed by atoms with Gasteiger partial charge in [-0.1, -0.05) is 78.9 Å². The third kappa shape index (κ3) is 3.30. The van der Waals surface area contributed by atoms with E-state index < -0.39 is 20.2 Å². The van der Waals surface area contributed by atoms with E-state index in [0.717, 1.165) is 44.1 Å². The second kappa shape index (κ2) is 7.90. The Bertz CT molecular complexity index is 2630. The van der Waals surface area contributed by atoms with Crippen LogP contribution in [0.2, 0.25) is 0 Å². The van der Waals surface area contributed by atoms with Crippen LogP contribution in [0.3, 0.4) is 0 Å². The molecule has 0 radical (unpaired) electrons. The van der Waals surface area contributed by atoms with Crippen molar-refractivity contribution in [3.8, 4) is 11.1 Å². The van der Waals surface area contributed by atoms with Gasteiger partial charge in [-0.3, -0.25) is 9.11 Å². The second-order valence-corrected chi connectivity index (χ2v) is 13.4. The maximum atomic E-state index is 12.4. The van der Waals surface area contributed by atoms with Crippen LogP contribution >= 0.6 is 0 Å². The molecule has 0 bridgehead atoms. The van der Waals surface area contributed by atoms with Crippen LogP contribution in [-0.2, 0) is 20.2 Å². The zero-order chi connectivity index (χ0) is 28.4. The molecule has 0 aliphatic carbocycles. The number of benzene rings is 8. The van der Waals surface area contributed by atoms with Crippen molar-refractivity contribution in [2.75, 3.05) is 0 Å². The van der Waals surface area contributed by atoms with E-state index in [9.17, 15) is 25.9 Å². The van der Waals surface area contributed by atoms with E-state index in [-0.39, 0.29) is 20.6 Å². The molecule has 0 spiro atoms. The lowest BCUT2D eigenvalue weighted by Gasteiger charge is -2.19. The first kappa shape index (κ1) is 24.5. The molecule has 0 heterocycles. The lowest BCUT2D eigenvalue weighted by atomic mass is 9.85. The van der Waals surface area contributed by atoms with E-state index in [1.165, 1.54) is 28.5 Å². The van der Waals surface area contributed by atoms with Crippen LogP contribution in [0, 0.1) is 6.92 Å². The van der Waals surface area contributed by atoms with Crippen molar-refractivity contribution in [3.05, 3.63) is 96.6 Å². The lowest BCUT2D eigenvalue weighted by Crippen LogP contribution is -2.03. The molecule has 0 saturated heterocycles. The number of rotatable bonds is 3. The van der Waals surface area contributed by atoms with Crippen LogP contribution in [0.5, 0.6) is 0 Å². The van der Waals surface area contributed by atoms with Crippen molar-refractivity contribution in [3.63, 3.8) is 0 Å². The normalized spacial score (nSPS) is 13.1. The quantitative estimate of drug-likeness (QED) is 0.163. The predicted molar refractivity (Wildman–Crippen MR) is 164 cm³/mol. The predicted octanol–water partition coefficient (Wildman–Crippen LogP) is 7.95. The Hall–Kier alpha value is -4.34. The molecule has 0 amide bonds. The van der Waals surface area contributed by atoms with E-state index in [1.807, 2.05) is 12.1 Å². The molecule has 200 valence electrons. The summed E-state index contributed by atoms with van der Waals surface area (Å²) in [6, 6.07) is 28.0. The minimum absolute atomic E-state index is 0.177. The van der Waals surface area contributed by atoms with Crippen molar-refractivity contribution in [1.29, 1.82) is 0 Å². The van der Waals surface area contributed by atoms with Crippen LogP contribution < -0.4 is 0 Å². The van der Waals surface area contributed by atoms with Crippen LogP contribution in [0.15, 0.2) is 101 Å². The third-order valence-electron chi connectivity index (χ3n) is 8.43. The smallest absolute Gasteiger partial charge is 0.282 e. The van der Waals surface area contributed by atoms with Gasteiger partial charge >= 0.3 is 0 Å². The molecule has 41 heavy (non-hydrogen) atoms. The van der Waals surface area contributed by atoms with Gasteiger partial charge in [0.25, 0.3) is 20.2 Å². The van der Waals surface area contributed by atoms with Gasteiger partial charge in [0.15, 0.2) is 0 Å². The molecule has 2 N–H and O–H groups in total. The summed E-state index contributed by atoms with van der Waals surface area (Å²) in [5.74, 6) is 0. The summed E-state index contributed by atoms with van der Waals surface area (Å²) in [5.41, 5.74) is 3.08. The van der Waals surface area contributed by atoms with Crippen molar-refractivity contribution in [2.24, 2.45) is 0 Å². The Morgan fingerprint density at radius 3 is 1.51 bits per heavy atom. The summed E-state index contributed by atoms with van der Waals surface area (Å²) >= 11 is 0. The molecule has 8 heteroatoms. The Labute approximate surface area is 234 Å². The number of hydrogen-bond donors (Lipinski definition) is 2. The molecule has 8 rings (SSSR count). The summed E-state index contributed by atoms with van der Waals surface area (Å²) in [4.78, 5) is -0.653. The first-order chi connectivity index (χ1) is 19.5. The fourth-order valence-electron chi connectivity index (χ4n) is 6.69. The minimum atomic E-state index is -4.64. The highest BCUT2D eigenvalue weighted by molar-refractivity contribution is 7.86. The van der Waals surface area contributed by atoms with Gasteiger partial charge in [0.2, 0.25) is 0 Å². The van der Waals surface area contributed by atoms with Crippen molar-refractivity contribution >= 4 is 84.9 Å². The largest absolute Gasteiger partial charge is 0.295 e. The summed E-state index contributed by atoms with van der Waals surface area (Å²) in [6.45, 7) is 2.11. The molecular formula is C33H20O6S2. The van der Waals surface area contributed by atoms with E-state index >= 15 is 0 Å². The molecule has 0 atom stereocenters. The van der Waals surface area contributed by atoms with Gasteiger partial charge < -0.3 is 0 Å². The van der Waals surface area contributed by atoms with E-state index in [0.29, 0.717) is 16.2 Å². The maximum Gasteiger partial charge on any atom is 0.295 e. The SMILES string of the molecule is Cc1ccc2ccc3ccc(-c4ccc5cc(S(=O)(=O)O)c6ccc(S(=O)(=O)O)c7ccc4c5c76)c4ccc1c2c34. The van der Waals surface area contributed by atoms with Crippen molar-refractivity contribution in [2.45, 2.75) is 16.7 Å². The van der Waals surface area contributed by atoms with Crippen LogP contribution in [0.25, 0.3) is 75.8 Å². The molecule has 0 fully saturated rings. The van der Waals surface area contributed by atoms with Crippen molar-refractivity contribution in [1.82, 2.24) is 0 Å². The van der Waals surface area contributed by atoms with Gasteiger partial charge in [-0.25, -0.2) is 0 Å². The molecule has 0 aromatic heterocycles. The zero-order valence-corrected chi connectivity index (χ0v) is 23.1. The molecule has 6 nitrogen and oxygen atoms in total. The Morgan fingerprint density at radius 1 is 0.439 bits per heavy atom. The standard InChI is InChI=1S/C33H20O6S2/c1-17-2-3-18-4-5-19-6-8-22(24-11-10-21(17)30(18)31(19)24)23-9-7-20-16-29(41(37,38)39)27-14-15-28(40(34,35)36)26-13-12-25(23)32(20)33(26)27/h2-16H,1H3,(H,34,35,36)(H,37,38,39). The highest BCUT2D eigenvalue weighted by atomic mass is 32.2. The fourth-order valence-corrected chi connectivity index (χ4v) is 8.10. The maximum absolute atomic E-state index is 12.4. The summed E-state index contributed by atoms with van der Waals surface area (Å²) < 4.78 is 69.3. The third-order valence-corrected chi connectivity index (χ3v) is 10.2. The lowest BCUT2D eigenvalue weighted by molar-refractivity contribution is 0.482. The van der Waals surface area contributed by atoms with Gasteiger partial charge in [0.05, 0.1) is 0 Å². The molecule has 8 aromatic rings. The molecule has 0 unspecified atom stereocenters. The molecule has 0 aliphatic rings. The number of hydrogen-bond acceptors (Lipinski definition) is 4. The summed E-state index contributed by atoms with van der Waals surface area (Å²) in [7, 11) is -9.25. The van der Waals surface area contributed by atoms with Gasteiger partial charge in [-0.05, 0) is 84.2 Å². The van der Waals surface area contributed by atoms with Gasteiger partial charge in [0, 0.05) is 16.2 Å². The van der Waals surface area contributed by atoms with Crippen LogP contribution in [-0.4, -0.2) is 25.9 Å². The van der Waals surface area contributed by atoms with Crippen LogP contribution in [0.1, 0.15) is 5.56 Å². The average molecular weight is 577 g/mol. The Morgan fingerprint density at radius 2 is 0.878 bits per heavy atom. The first-order valence-corrected chi connectivity index (χ1v) is 15.8.